The number of likely N-dealkylation sites (N-methyl/N-ethyl adjacent to an activating group) is 1. The summed E-state index contributed by atoms with van der Waals surface area (Å²) in [5.41, 5.74) is -0.0563. The van der Waals surface area contributed by atoms with E-state index in [9.17, 15) is 22.8 Å². The quantitative estimate of drug-likeness (QED) is 0.715. The van der Waals surface area contributed by atoms with Crippen LogP contribution in [0.5, 0.6) is 0 Å². The normalized spacial score (nSPS) is 17.2. The molecule has 32 heavy (non-hydrogen) atoms. The number of benzene rings is 1. The van der Waals surface area contributed by atoms with Crippen LogP contribution in [0, 0.1) is 0 Å². The zero-order valence-corrected chi connectivity index (χ0v) is 18.5. The van der Waals surface area contributed by atoms with Crippen LogP contribution in [-0.4, -0.2) is 57.8 Å². The third-order valence-electron chi connectivity index (χ3n) is 5.53. The lowest BCUT2D eigenvalue weighted by Gasteiger charge is -2.23. The van der Waals surface area contributed by atoms with Crippen LogP contribution in [0.15, 0.2) is 30.6 Å². The van der Waals surface area contributed by atoms with Gasteiger partial charge in [0.05, 0.1) is 23.2 Å². The number of likely N-dealkylation sites (tertiary alicyclic amines) is 1. The number of aromatic nitrogens is 2. The highest BCUT2D eigenvalue weighted by Crippen LogP contribution is 2.34. The van der Waals surface area contributed by atoms with Gasteiger partial charge in [0.15, 0.2) is 0 Å². The van der Waals surface area contributed by atoms with Crippen LogP contribution in [0.2, 0.25) is 5.02 Å². The summed E-state index contributed by atoms with van der Waals surface area (Å²) in [6.45, 7) is 4.18. The van der Waals surface area contributed by atoms with Gasteiger partial charge in [-0.25, -0.2) is 9.97 Å². The molecule has 1 aromatic heterocycles. The molecule has 3 rings (SSSR count). The van der Waals surface area contributed by atoms with Crippen molar-refractivity contribution >= 4 is 29.4 Å². The highest BCUT2D eigenvalue weighted by Gasteiger charge is 2.32. The Morgan fingerprint density at radius 3 is 2.50 bits per heavy atom. The van der Waals surface area contributed by atoms with Crippen molar-refractivity contribution in [2.75, 3.05) is 25.5 Å². The second kappa shape index (κ2) is 9.32. The Hall–Kier alpha value is -2.88. The molecule has 1 aliphatic rings. The molecule has 2 aromatic rings. The molecule has 172 valence electrons. The number of hydrogen-bond donors (Lipinski definition) is 1. The summed E-state index contributed by atoms with van der Waals surface area (Å²) in [4.78, 5) is 35.8. The molecule has 1 saturated heterocycles. The van der Waals surface area contributed by atoms with E-state index < -0.39 is 17.8 Å². The number of halogens is 4. The number of carbonyl (C=O) groups excluding carboxylic acids is 2. The average Bonchev–Trinajstić information content (AvgIpc) is 3.22. The lowest BCUT2D eigenvalue weighted by atomic mass is 10.1. The van der Waals surface area contributed by atoms with Crippen LogP contribution in [-0.2, 0) is 11.0 Å². The predicted octanol–water partition coefficient (Wildman–Crippen LogP) is 4.01. The summed E-state index contributed by atoms with van der Waals surface area (Å²) >= 11 is 6.03. The van der Waals surface area contributed by atoms with Crippen LogP contribution in [0.3, 0.4) is 0 Å². The van der Waals surface area contributed by atoms with Gasteiger partial charge in [-0.2, -0.15) is 13.2 Å². The second-order valence-corrected chi connectivity index (χ2v) is 8.13. The van der Waals surface area contributed by atoms with Crippen LogP contribution in [0.25, 0.3) is 0 Å². The van der Waals surface area contributed by atoms with Crippen LogP contribution >= 0.6 is 11.6 Å². The first kappa shape index (κ1) is 23.8. The number of hydrogen-bond acceptors (Lipinski definition) is 5. The van der Waals surface area contributed by atoms with Crippen LogP contribution < -0.4 is 5.32 Å². The molecule has 1 N–H and O–H groups in total. The van der Waals surface area contributed by atoms with E-state index in [2.05, 4.69) is 15.3 Å². The van der Waals surface area contributed by atoms with E-state index >= 15 is 0 Å². The Bertz CT molecular complexity index is 1000. The third-order valence-corrected chi connectivity index (χ3v) is 5.86. The summed E-state index contributed by atoms with van der Waals surface area (Å²) in [5, 5.41) is 2.95. The smallest absolute Gasteiger partial charge is 0.348 e. The van der Waals surface area contributed by atoms with E-state index in [1.807, 2.05) is 0 Å². The van der Waals surface area contributed by atoms with Gasteiger partial charge >= 0.3 is 6.18 Å². The minimum atomic E-state index is -4.47. The number of anilines is 1. The Labute approximate surface area is 188 Å². The number of amides is 2. The third kappa shape index (κ3) is 5.29. The van der Waals surface area contributed by atoms with Gasteiger partial charge in [-0.3, -0.25) is 9.59 Å². The van der Waals surface area contributed by atoms with Crippen molar-refractivity contribution < 1.29 is 22.8 Å². The molecule has 2 atom stereocenters. The molecule has 0 spiro atoms. The van der Waals surface area contributed by atoms with Crippen molar-refractivity contribution in [2.24, 2.45) is 0 Å². The lowest BCUT2D eigenvalue weighted by Crippen LogP contribution is -2.39. The first-order chi connectivity index (χ1) is 15.0. The minimum Gasteiger partial charge on any atom is -0.348 e. The van der Waals surface area contributed by atoms with Crippen molar-refractivity contribution in [3.05, 3.63) is 52.3 Å². The molecule has 2 unspecified atom stereocenters. The average molecular weight is 470 g/mol. The van der Waals surface area contributed by atoms with E-state index in [4.69, 9.17) is 11.6 Å². The molecule has 2 heterocycles. The number of carbonyl (C=O) groups is 2. The maximum atomic E-state index is 12.8. The van der Waals surface area contributed by atoms with Gasteiger partial charge in [-0.05, 0) is 31.0 Å². The molecule has 0 saturated carbocycles. The predicted molar refractivity (Wildman–Crippen MR) is 113 cm³/mol. The van der Waals surface area contributed by atoms with Gasteiger partial charge in [-0.1, -0.05) is 17.7 Å². The molecule has 2 amide bonds. The van der Waals surface area contributed by atoms with Gasteiger partial charge in [0, 0.05) is 44.5 Å². The number of alkyl halides is 3. The molecule has 0 radical (unpaired) electrons. The van der Waals surface area contributed by atoms with Gasteiger partial charge in [0.25, 0.3) is 5.91 Å². The van der Waals surface area contributed by atoms with Crippen LogP contribution in [0.1, 0.15) is 47.8 Å². The molecule has 0 aliphatic carbocycles. The topological polar surface area (TPSA) is 78.4 Å². The molecule has 1 aliphatic heterocycles. The summed E-state index contributed by atoms with van der Waals surface area (Å²) in [6.07, 6.45) is -0.990. The molecule has 7 nitrogen and oxygen atoms in total. The highest BCUT2D eigenvalue weighted by molar-refractivity contribution is 6.31. The van der Waals surface area contributed by atoms with E-state index in [-0.39, 0.29) is 28.8 Å². The summed E-state index contributed by atoms with van der Waals surface area (Å²) in [6, 6.07) is 2.67. The molecule has 11 heteroatoms. The largest absolute Gasteiger partial charge is 0.416 e. The minimum absolute atomic E-state index is 0.0207. The van der Waals surface area contributed by atoms with Crippen molar-refractivity contribution in [2.45, 2.75) is 38.5 Å². The first-order valence-corrected chi connectivity index (χ1v) is 10.3. The summed E-state index contributed by atoms with van der Waals surface area (Å²) in [5.74, 6) is -0.0687. The maximum absolute atomic E-state index is 12.8. The zero-order chi connectivity index (χ0) is 23.6. The Morgan fingerprint density at radius 2 is 1.94 bits per heavy atom. The molecule has 0 bridgehead atoms. The van der Waals surface area contributed by atoms with Crippen molar-refractivity contribution in [3.63, 3.8) is 0 Å². The molecular formula is C21H23ClF3N5O2. The fraction of sp³-hybridized carbons (Fsp3) is 0.429. The Morgan fingerprint density at radius 1 is 1.28 bits per heavy atom. The monoisotopic (exact) mass is 469 g/mol. The van der Waals surface area contributed by atoms with E-state index in [0.29, 0.717) is 30.6 Å². The van der Waals surface area contributed by atoms with Gasteiger partial charge in [0.2, 0.25) is 11.9 Å². The van der Waals surface area contributed by atoms with Crippen molar-refractivity contribution in [3.8, 4) is 0 Å². The number of nitrogens with one attached hydrogen (secondary N) is 1. The van der Waals surface area contributed by atoms with Gasteiger partial charge in [-0.15, -0.1) is 0 Å². The zero-order valence-electron chi connectivity index (χ0n) is 17.8. The first-order valence-electron chi connectivity index (χ1n) is 9.95. The van der Waals surface area contributed by atoms with Crippen molar-refractivity contribution in [1.82, 2.24) is 19.8 Å². The summed E-state index contributed by atoms with van der Waals surface area (Å²) < 4.78 is 38.4. The second-order valence-electron chi connectivity index (χ2n) is 7.72. The molecule has 1 aromatic carbocycles. The van der Waals surface area contributed by atoms with E-state index in [1.54, 1.807) is 23.8 Å². The fourth-order valence-electron chi connectivity index (χ4n) is 3.52. The molecular weight excluding hydrogens is 447 g/mol. The maximum Gasteiger partial charge on any atom is 0.416 e. The molecule has 1 fully saturated rings. The van der Waals surface area contributed by atoms with E-state index in [1.165, 1.54) is 25.4 Å². The highest BCUT2D eigenvalue weighted by atomic mass is 35.5. The number of rotatable bonds is 5. The van der Waals surface area contributed by atoms with Gasteiger partial charge < -0.3 is 15.1 Å². The summed E-state index contributed by atoms with van der Waals surface area (Å²) in [7, 11) is 1.72. The van der Waals surface area contributed by atoms with E-state index in [0.717, 1.165) is 12.1 Å². The lowest BCUT2D eigenvalue weighted by molar-refractivity contribution is -0.137. The Kier molecular flexibility index (Phi) is 6.92. The SMILES string of the molecule is CC(=O)N(C)C1CCN(C(=O)c2cnc(NC(C)c3ccc(C(F)(F)F)cc3Cl)nc2)C1. The van der Waals surface area contributed by atoms with Gasteiger partial charge in [0.1, 0.15) is 0 Å². The number of nitrogens with zero attached hydrogens (tertiary/aromatic N) is 4. The Balaban J connectivity index is 1.64. The fourth-order valence-corrected chi connectivity index (χ4v) is 3.87. The standard InChI is InChI=1S/C21H23ClF3N5O2/c1-12(17-5-4-15(8-18(17)22)21(23,24)25)28-20-26-9-14(10-27-20)19(32)30-7-6-16(11-30)29(3)13(2)31/h4-5,8-10,12,16H,6-7,11H2,1-3H3,(H,26,27,28). The van der Waals surface area contributed by atoms with Crippen LogP contribution in [0.4, 0.5) is 19.1 Å². The van der Waals surface area contributed by atoms with Crippen molar-refractivity contribution in [1.29, 1.82) is 0 Å².